The van der Waals surface area contributed by atoms with E-state index in [4.69, 9.17) is 10.5 Å². The van der Waals surface area contributed by atoms with Crippen LogP contribution in [-0.2, 0) is 16.6 Å². The highest BCUT2D eigenvalue weighted by atomic mass is 127. The lowest BCUT2D eigenvalue weighted by atomic mass is 10.1. The van der Waals surface area contributed by atoms with Crippen LogP contribution >= 0.6 is 22.6 Å². The number of aliphatic hydroxyl groups is 1. The Morgan fingerprint density at radius 2 is 1.92 bits per heavy atom. The average Bonchev–Trinajstić information content (AvgIpc) is 3.71. The molecule has 0 radical (unpaired) electrons. The van der Waals surface area contributed by atoms with Crippen LogP contribution in [0.4, 0.5) is 20.2 Å². The molecule has 1 aliphatic carbocycles. The summed E-state index contributed by atoms with van der Waals surface area (Å²) in [6, 6.07) is 9.74. The van der Waals surface area contributed by atoms with Gasteiger partial charge in [-0.25, -0.2) is 17.2 Å². The number of primary amides is 1. The Kier molecular flexibility index (Phi) is 8.80. The minimum Gasteiger partial charge on any atom is -0.491 e. The summed E-state index contributed by atoms with van der Waals surface area (Å²) in [7, 11) is -4.85. The molecule has 1 aliphatic rings. The van der Waals surface area contributed by atoms with E-state index in [1.54, 1.807) is 36.4 Å². The zero-order valence-corrected chi connectivity index (χ0v) is 23.0. The molecule has 0 atom stereocenters. The molecule has 0 aliphatic heterocycles. The van der Waals surface area contributed by atoms with Gasteiger partial charge in [0, 0.05) is 34.7 Å². The maximum absolute atomic E-state index is 15.8. The number of carbonyl (C=O) groups excluding carboxylic acids is 1. The summed E-state index contributed by atoms with van der Waals surface area (Å²) in [5.41, 5.74) is 5.09. The van der Waals surface area contributed by atoms with E-state index in [1.807, 2.05) is 0 Å². The first kappa shape index (κ1) is 28.1. The van der Waals surface area contributed by atoms with Crippen LogP contribution in [0.1, 0.15) is 28.8 Å². The number of aromatic nitrogens is 1. The van der Waals surface area contributed by atoms with E-state index >= 15 is 8.78 Å². The number of nitrogens with one attached hydrogen (secondary N) is 1. The number of halogens is 3. The monoisotopic (exact) mass is 658 g/mol. The van der Waals surface area contributed by atoms with Gasteiger partial charge in [0.25, 0.3) is 5.91 Å². The fourth-order valence-electron chi connectivity index (χ4n) is 3.75. The fraction of sp³-hybridized carbons (Fsp3) is 0.280. The number of pyridine rings is 1. The van der Waals surface area contributed by atoms with Crippen LogP contribution in [0, 0.1) is 21.1 Å². The number of benzene rings is 2. The van der Waals surface area contributed by atoms with Gasteiger partial charge in [0.05, 0.1) is 18.9 Å². The maximum atomic E-state index is 15.8. The standard InChI is InChI=1S/C25H25F2IN4O5S/c26-20-21(27)24(38(35,36)32(10-11-33)13-16-2-1-9-30-12-16)23(37-14-15-3-4-15)19(25(29)34)22(20)31-18-7-5-17(28)6-8-18/h1-2,5-9,12,15,31,33H,3-4,10-11,13-14H2,(H2,29,34). The fourth-order valence-corrected chi connectivity index (χ4v) is 5.72. The average molecular weight is 658 g/mol. The lowest BCUT2D eigenvalue weighted by Gasteiger charge is -2.25. The summed E-state index contributed by atoms with van der Waals surface area (Å²) in [6.45, 7) is -1.35. The number of aliphatic hydroxyl groups excluding tert-OH is 1. The molecule has 202 valence electrons. The second-order valence-corrected chi connectivity index (χ2v) is 11.8. The molecule has 1 heterocycles. The predicted octanol–water partition coefficient (Wildman–Crippen LogP) is 3.78. The Bertz CT molecular complexity index is 1420. The number of amides is 1. The molecule has 1 saturated carbocycles. The van der Waals surface area contributed by atoms with Crippen LogP contribution in [0.25, 0.3) is 0 Å². The van der Waals surface area contributed by atoms with Gasteiger partial charge in [0.15, 0.2) is 22.3 Å². The summed E-state index contributed by atoms with van der Waals surface area (Å²) in [5.74, 6) is -5.15. The molecular formula is C25H25F2IN4O5S. The van der Waals surface area contributed by atoms with Gasteiger partial charge in [-0.1, -0.05) is 6.07 Å². The Morgan fingerprint density at radius 3 is 2.50 bits per heavy atom. The van der Waals surface area contributed by atoms with Crippen molar-refractivity contribution in [2.24, 2.45) is 11.7 Å². The molecule has 3 aromatic rings. The first-order valence-corrected chi connectivity index (χ1v) is 14.2. The van der Waals surface area contributed by atoms with Gasteiger partial charge >= 0.3 is 0 Å². The van der Waals surface area contributed by atoms with Crippen molar-refractivity contribution < 1.29 is 31.8 Å². The molecule has 4 rings (SSSR count). The number of sulfonamides is 1. The quantitative estimate of drug-likeness (QED) is 0.252. The summed E-state index contributed by atoms with van der Waals surface area (Å²) in [6.07, 6.45) is 4.52. The molecule has 1 fully saturated rings. The van der Waals surface area contributed by atoms with Crippen LogP contribution in [-0.4, -0.2) is 48.5 Å². The molecule has 2 aromatic carbocycles. The lowest BCUT2D eigenvalue weighted by Crippen LogP contribution is -2.35. The van der Waals surface area contributed by atoms with Crippen LogP contribution < -0.4 is 15.8 Å². The van der Waals surface area contributed by atoms with Crippen molar-refractivity contribution in [1.29, 1.82) is 0 Å². The topological polar surface area (TPSA) is 135 Å². The Hall–Kier alpha value is -2.88. The number of hydrogen-bond acceptors (Lipinski definition) is 7. The molecule has 4 N–H and O–H groups in total. The molecule has 0 saturated heterocycles. The van der Waals surface area contributed by atoms with Gasteiger partial charge < -0.3 is 20.9 Å². The molecule has 0 bridgehead atoms. The van der Waals surface area contributed by atoms with Crippen LogP contribution in [0.5, 0.6) is 5.75 Å². The molecule has 0 unspecified atom stereocenters. The zero-order chi connectivity index (χ0) is 27.4. The van der Waals surface area contributed by atoms with E-state index in [0.29, 0.717) is 11.3 Å². The van der Waals surface area contributed by atoms with Gasteiger partial charge in [0.2, 0.25) is 10.0 Å². The first-order chi connectivity index (χ1) is 18.1. The predicted molar refractivity (Wildman–Crippen MR) is 144 cm³/mol. The van der Waals surface area contributed by atoms with Crippen molar-refractivity contribution in [1.82, 2.24) is 9.29 Å². The minimum absolute atomic E-state index is 0.0144. The summed E-state index contributed by atoms with van der Waals surface area (Å²) in [5, 5.41) is 12.2. The van der Waals surface area contributed by atoms with Crippen molar-refractivity contribution in [3.63, 3.8) is 0 Å². The molecule has 1 amide bonds. The van der Waals surface area contributed by atoms with Gasteiger partial charge in [-0.05, 0) is 77.2 Å². The number of ether oxygens (including phenoxy) is 1. The summed E-state index contributed by atoms with van der Waals surface area (Å²) in [4.78, 5) is 15.4. The number of nitrogens with zero attached hydrogens (tertiary/aromatic N) is 2. The van der Waals surface area contributed by atoms with Gasteiger partial charge in [-0.15, -0.1) is 0 Å². The second-order valence-electron chi connectivity index (χ2n) is 8.71. The van der Waals surface area contributed by atoms with Gasteiger partial charge in [-0.3, -0.25) is 9.78 Å². The van der Waals surface area contributed by atoms with Crippen molar-refractivity contribution in [3.8, 4) is 5.75 Å². The highest BCUT2D eigenvalue weighted by Crippen LogP contribution is 2.42. The molecule has 38 heavy (non-hydrogen) atoms. The third-order valence-electron chi connectivity index (χ3n) is 5.84. The second kappa shape index (κ2) is 11.9. The number of rotatable bonds is 12. The molecule has 1 aromatic heterocycles. The first-order valence-electron chi connectivity index (χ1n) is 11.6. The van der Waals surface area contributed by atoms with Crippen LogP contribution in [0.15, 0.2) is 53.7 Å². The normalized spacial score (nSPS) is 13.5. The highest BCUT2D eigenvalue weighted by Gasteiger charge is 2.39. The smallest absolute Gasteiger partial charge is 0.254 e. The van der Waals surface area contributed by atoms with Gasteiger partial charge in [0.1, 0.15) is 5.56 Å². The van der Waals surface area contributed by atoms with Gasteiger partial charge in [-0.2, -0.15) is 4.31 Å². The van der Waals surface area contributed by atoms with Crippen molar-refractivity contribution in [2.45, 2.75) is 24.3 Å². The minimum atomic E-state index is -4.85. The van der Waals surface area contributed by atoms with Crippen molar-refractivity contribution in [2.75, 3.05) is 25.1 Å². The molecule has 0 spiro atoms. The number of nitrogens with two attached hydrogens (primary N) is 1. The van der Waals surface area contributed by atoms with Crippen LogP contribution in [0.2, 0.25) is 0 Å². The Balaban J connectivity index is 1.90. The summed E-state index contributed by atoms with van der Waals surface area (Å²) >= 11 is 2.07. The molecule has 13 heteroatoms. The van der Waals surface area contributed by atoms with Crippen molar-refractivity contribution in [3.05, 3.63) is 75.1 Å². The zero-order valence-electron chi connectivity index (χ0n) is 20.0. The van der Waals surface area contributed by atoms with E-state index in [0.717, 1.165) is 20.7 Å². The van der Waals surface area contributed by atoms with E-state index in [9.17, 15) is 18.3 Å². The number of hydrogen-bond donors (Lipinski definition) is 3. The van der Waals surface area contributed by atoms with E-state index < -0.39 is 62.6 Å². The molecular weight excluding hydrogens is 633 g/mol. The van der Waals surface area contributed by atoms with Crippen LogP contribution in [0.3, 0.4) is 0 Å². The SMILES string of the molecule is NC(=O)c1c(Nc2ccc(I)cc2)c(F)c(F)c(S(=O)(=O)N(CCO)Cc2cccnc2)c1OCC1CC1. The number of carbonyl (C=O) groups is 1. The van der Waals surface area contributed by atoms with E-state index in [-0.39, 0.29) is 19.1 Å². The Morgan fingerprint density at radius 1 is 1.21 bits per heavy atom. The van der Waals surface area contributed by atoms with E-state index in [2.05, 4.69) is 32.9 Å². The summed E-state index contributed by atoms with van der Waals surface area (Å²) < 4.78 is 66.3. The lowest BCUT2D eigenvalue weighted by molar-refractivity contribution is 0.0995. The third-order valence-corrected chi connectivity index (χ3v) is 8.44. The maximum Gasteiger partial charge on any atom is 0.254 e. The van der Waals surface area contributed by atoms with Crippen molar-refractivity contribution >= 4 is 49.9 Å². The highest BCUT2D eigenvalue weighted by molar-refractivity contribution is 14.1. The number of anilines is 2. The largest absolute Gasteiger partial charge is 0.491 e. The Labute approximate surface area is 232 Å². The molecule has 9 nitrogen and oxygen atoms in total. The van der Waals surface area contributed by atoms with E-state index in [1.165, 1.54) is 12.4 Å². The third kappa shape index (κ3) is 6.22.